The smallest absolute Gasteiger partial charge is 0.114 e. The molecule has 3 nitrogen and oxygen atoms in total. The molecule has 3 rings (SSSR count). The Morgan fingerprint density at radius 2 is 2.00 bits per heavy atom. The summed E-state index contributed by atoms with van der Waals surface area (Å²) in [5.74, 6) is 0. The molecule has 1 aliphatic heterocycles. The highest BCUT2D eigenvalue weighted by Crippen LogP contribution is 2.34. The van der Waals surface area contributed by atoms with Crippen molar-refractivity contribution < 1.29 is 0 Å². The lowest BCUT2D eigenvalue weighted by atomic mass is 10.2. The molecule has 0 unspecified atom stereocenters. The molecule has 0 amide bonds. The van der Waals surface area contributed by atoms with Gasteiger partial charge in [0.25, 0.3) is 0 Å². The zero-order valence-electron chi connectivity index (χ0n) is 7.74. The maximum Gasteiger partial charge on any atom is 0.114 e. The van der Waals surface area contributed by atoms with Gasteiger partial charge in [0.2, 0.25) is 0 Å². The number of rotatable bonds is 1. The Kier molecular flexibility index (Phi) is 1.97. The van der Waals surface area contributed by atoms with Crippen LogP contribution in [-0.2, 0) is 0 Å². The van der Waals surface area contributed by atoms with Gasteiger partial charge in [-0.25, -0.2) is 0 Å². The highest BCUT2D eigenvalue weighted by atomic mass is 35.5. The zero-order chi connectivity index (χ0) is 10.4. The third-order valence-electron chi connectivity index (χ3n) is 2.43. The average Bonchev–Trinajstić information content (AvgIpc) is 3.00. The Morgan fingerprint density at radius 3 is 2.73 bits per heavy atom. The molecule has 1 aliphatic rings. The van der Waals surface area contributed by atoms with Crippen LogP contribution in [0.3, 0.4) is 0 Å². The lowest BCUT2D eigenvalue weighted by Crippen LogP contribution is -1.95. The third kappa shape index (κ3) is 1.52. The lowest BCUT2D eigenvalue weighted by molar-refractivity contribution is 1.07. The maximum atomic E-state index is 6.05. The largest absolute Gasteiger partial charge is 0.366 e. The van der Waals surface area contributed by atoms with Gasteiger partial charge in [0, 0.05) is 23.5 Å². The number of aromatic nitrogens is 2. The molecule has 2 aromatic rings. The van der Waals surface area contributed by atoms with Crippen LogP contribution in [0.15, 0.2) is 18.3 Å². The van der Waals surface area contributed by atoms with Crippen LogP contribution in [0.1, 0.15) is 0 Å². The summed E-state index contributed by atoms with van der Waals surface area (Å²) in [7, 11) is 0. The standard InChI is InChI=1S/C10H7Cl2N3/c11-6-3-7-9(15-1-2-15)5-13-14-10(7)8(12)4-6/h3-5H,1-2H2. The monoisotopic (exact) mass is 239 g/mol. The van der Waals surface area contributed by atoms with Gasteiger partial charge in [-0.1, -0.05) is 23.2 Å². The summed E-state index contributed by atoms with van der Waals surface area (Å²) in [6.45, 7) is 2.12. The van der Waals surface area contributed by atoms with E-state index in [0.29, 0.717) is 15.6 Å². The topological polar surface area (TPSA) is 28.8 Å². The summed E-state index contributed by atoms with van der Waals surface area (Å²) < 4.78 is 0. The predicted octanol–water partition coefficient (Wildman–Crippen LogP) is 2.76. The van der Waals surface area contributed by atoms with Gasteiger partial charge in [-0.3, -0.25) is 0 Å². The van der Waals surface area contributed by atoms with E-state index in [4.69, 9.17) is 23.2 Å². The molecule has 15 heavy (non-hydrogen) atoms. The van der Waals surface area contributed by atoms with Gasteiger partial charge >= 0.3 is 0 Å². The SMILES string of the molecule is Clc1cc(Cl)c2nncc(N3CC3)c2c1. The van der Waals surface area contributed by atoms with E-state index >= 15 is 0 Å². The minimum Gasteiger partial charge on any atom is -0.366 e. The van der Waals surface area contributed by atoms with Gasteiger partial charge in [0.1, 0.15) is 5.52 Å². The molecule has 0 N–H and O–H groups in total. The summed E-state index contributed by atoms with van der Waals surface area (Å²) in [4.78, 5) is 2.20. The number of benzene rings is 1. The molecule has 76 valence electrons. The fourth-order valence-corrected chi connectivity index (χ4v) is 2.15. The van der Waals surface area contributed by atoms with Crippen LogP contribution in [0, 0.1) is 0 Å². The highest BCUT2D eigenvalue weighted by Gasteiger charge is 2.21. The van der Waals surface area contributed by atoms with Crippen LogP contribution >= 0.6 is 23.2 Å². The van der Waals surface area contributed by atoms with Gasteiger partial charge in [0.05, 0.1) is 16.9 Å². The number of nitrogens with zero attached hydrogens (tertiary/aromatic N) is 3. The molecule has 1 aromatic carbocycles. The van der Waals surface area contributed by atoms with Crippen LogP contribution in [0.5, 0.6) is 0 Å². The number of halogens is 2. The summed E-state index contributed by atoms with van der Waals surface area (Å²) in [6, 6.07) is 3.57. The van der Waals surface area contributed by atoms with Crippen molar-refractivity contribution in [1.82, 2.24) is 10.2 Å². The first-order chi connectivity index (χ1) is 7.25. The van der Waals surface area contributed by atoms with Gasteiger partial charge in [-0.2, -0.15) is 5.10 Å². The average molecular weight is 240 g/mol. The minimum absolute atomic E-state index is 0.550. The van der Waals surface area contributed by atoms with Gasteiger partial charge in [-0.05, 0) is 12.1 Å². The summed E-state index contributed by atoms with van der Waals surface area (Å²) in [5.41, 5.74) is 1.77. The lowest BCUT2D eigenvalue weighted by Gasteiger charge is -2.07. The van der Waals surface area contributed by atoms with Crippen molar-refractivity contribution in [1.29, 1.82) is 0 Å². The summed E-state index contributed by atoms with van der Waals surface area (Å²) in [6.07, 6.45) is 1.75. The minimum atomic E-state index is 0.550. The normalized spacial score (nSPS) is 14.7. The second-order valence-electron chi connectivity index (χ2n) is 3.50. The fraction of sp³-hybridized carbons (Fsp3) is 0.200. The molecule has 5 heteroatoms. The molecule has 1 fully saturated rings. The first kappa shape index (κ1) is 9.19. The van der Waals surface area contributed by atoms with E-state index in [2.05, 4.69) is 15.1 Å². The van der Waals surface area contributed by atoms with Gasteiger partial charge < -0.3 is 4.90 Å². The Balaban J connectivity index is 2.36. The van der Waals surface area contributed by atoms with Gasteiger partial charge in [-0.15, -0.1) is 5.10 Å². The van der Waals surface area contributed by atoms with Crippen LogP contribution in [0.4, 0.5) is 5.69 Å². The zero-order valence-corrected chi connectivity index (χ0v) is 9.26. The predicted molar refractivity (Wildman–Crippen MR) is 61.8 cm³/mol. The van der Waals surface area contributed by atoms with Crippen molar-refractivity contribution in [2.24, 2.45) is 0 Å². The molecule has 0 radical (unpaired) electrons. The second-order valence-corrected chi connectivity index (χ2v) is 4.34. The Bertz CT molecular complexity index is 537. The first-order valence-electron chi connectivity index (χ1n) is 4.61. The summed E-state index contributed by atoms with van der Waals surface area (Å²) >= 11 is 12.0. The van der Waals surface area contributed by atoms with Crippen LogP contribution in [-0.4, -0.2) is 23.3 Å². The Morgan fingerprint density at radius 1 is 1.20 bits per heavy atom. The van der Waals surface area contributed by atoms with E-state index in [1.54, 1.807) is 12.3 Å². The molecule has 0 aliphatic carbocycles. The molecule has 0 bridgehead atoms. The molecule has 0 saturated carbocycles. The van der Waals surface area contributed by atoms with Crippen molar-refractivity contribution in [3.05, 3.63) is 28.4 Å². The van der Waals surface area contributed by atoms with Gasteiger partial charge in [0.15, 0.2) is 0 Å². The van der Waals surface area contributed by atoms with Crippen molar-refractivity contribution in [2.75, 3.05) is 18.0 Å². The molecule has 2 heterocycles. The number of fused-ring (bicyclic) bond motifs is 1. The summed E-state index contributed by atoms with van der Waals surface area (Å²) in [5, 5.41) is 10.1. The quantitative estimate of drug-likeness (QED) is 0.717. The van der Waals surface area contributed by atoms with Crippen molar-refractivity contribution >= 4 is 39.8 Å². The Labute approximate surface area is 96.6 Å². The molecule has 0 atom stereocenters. The van der Waals surface area contributed by atoms with Crippen LogP contribution < -0.4 is 4.90 Å². The molecule has 0 spiro atoms. The van der Waals surface area contributed by atoms with Crippen molar-refractivity contribution in [3.63, 3.8) is 0 Å². The molecule has 1 saturated heterocycles. The van der Waals surface area contributed by atoms with E-state index in [1.165, 1.54) is 0 Å². The van der Waals surface area contributed by atoms with E-state index in [9.17, 15) is 0 Å². The Hall–Kier alpha value is -1.06. The number of hydrogen-bond acceptors (Lipinski definition) is 3. The van der Waals surface area contributed by atoms with E-state index in [1.807, 2.05) is 6.07 Å². The second kappa shape index (κ2) is 3.22. The molecular formula is C10H7Cl2N3. The van der Waals surface area contributed by atoms with E-state index in [-0.39, 0.29) is 0 Å². The number of hydrogen-bond donors (Lipinski definition) is 0. The highest BCUT2D eigenvalue weighted by molar-refractivity contribution is 6.38. The van der Waals surface area contributed by atoms with Crippen LogP contribution in [0.25, 0.3) is 10.9 Å². The van der Waals surface area contributed by atoms with Crippen molar-refractivity contribution in [2.45, 2.75) is 0 Å². The van der Waals surface area contributed by atoms with E-state index < -0.39 is 0 Å². The molecule has 1 aromatic heterocycles. The van der Waals surface area contributed by atoms with E-state index in [0.717, 1.165) is 24.2 Å². The third-order valence-corrected chi connectivity index (χ3v) is 2.94. The fourth-order valence-electron chi connectivity index (χ4n) is 1.62. The van der Waals surface area contributed by atoms with Crippen molar-refractivity contribution in [3.8, 4) is 0 Å². The maximum absolute atomic E-state index is 6.05. The first-order valence-corrected chi connectivity index (χ1v) is 5.37. The number of anilines is 1. The molecular weight excluding hydrogens is 233 g/mol. The van der Waals surface area contributed by atoms with Crippen LogP contribution in [0.2, 0.25) is 10.0 Å².